The first kappa shape index (κ1) is 16.1. The number of halogens is 3. The molecule has 0 saturated carbocycles. The summed E-state index contributed by atoms with van der Waals surface area (Å²) < 4.78 is 37.8. The maximum Gasteiger partial charge on any atom is 0.416 e. The molecule has 0 aliphatic carbocycles. The third-order valence-electron chi connectivity index (χ3n) is 2.76. The molecule has 0 fully saturated rings. The van der Waals surface area contributed by atoms with Crippen LogP contribution in [0.5, 0.6) is 0 Å². The normalized spacial score (nSPS) is 17.4. The predicted octanol–water partition coefficient (Wildman–Crippen LogP) is 1.70. The number of alkyl halides is 3. The number of urea groups is 1. The van der Waals surface area contributed by atoms with Gasteiger partial charge < -0.3 is 11.1 Å². The van der Waals surface area contributed by atoms with Crippen molar-refractivity contribution < 1.29 is 27.6 Å². The van der Waals surface area contributed by atoms with E-state index in [9.17, 15) is 27.6 Å². The second-order valence-corrected chi connectivity index (χ2v) is 5.67. The van der Waals surface area contributed by atoms with Gasteiger partial charge >= 0.3 is 12.2 Å². The smallest absolute Gasteiger partial charge is 0.351 e. The van der Waals surface area contributed by atoms with E-state index in [0.717, 1.165) is 23.9 Å². The van der Waals surface area contributed by atoms with Gasteiger partial charge in [-0.05, 0) is 18.2 Å². The Morgan fingerprint density at radius 1 is 1.36 bits per heavy atom. The molecule has 1 aliphatic heterocycles. The first-order valence-corrected chi connectivity index (χ1v) is 6.83. The van der Waals surface area contributed by atoms with Crippen molar-refractivity contribution in [2.45, 2.75) is 22.7 Å². The van der Waals surface area contributed by atoms with E-state index in [1.807, 2.05) is 5.32 Å². The lowest BCUT2D eigenvalue weighted by atomic mass is 10.1. The van der Waals surface area contributed by atoms with Crippen LogP contribution in [0.1, 0.15) is 12.0 Å². The Morgan fingerprint density at radius 3 is 2.64 bits per heavy atom. The van der Waals surface area contributed by atoms with E-state index in [1.54, 1.807) is 0 Å². The quantitative estimate of drug-likeness (QED) is 0.767. The van der Waals surface area contributed by atoms with Crippen LogP contribution in [-0.2, 0) is 15.8 Å². The van der Waals surface area contributed by atoms with Crippen LogP contribution >= 0.6 is 11.8 Å². The van der Waals surface area contributed by atoms with Gasteiger partial charge in [0.05, 0.1) is 16.5 Å². The standard InChI is InChI=1S/C12H10F3N3O3S/c13-12(14,15)5-1-2-7-6(3-5)17-10(20)8(22-7)4-9(19)18-11(16)21/h1-3,8H,4H2,(H,17,20)(H3,16,18,19,21)/t8-/m1/s1. The van der Waals surface area contributed by atoms with Crippen LogP contribution in [0.2, 0.25) is 0 Å². The average Bonchev–Trinajstić information content (AvgIpc) is 2.37. The molecule has 1 heterocycles. The van der Waals surface area contributed by atoms with Crippen LogP contribution in [-0.4, -0.2) is 23.1 Å². The summed E-state index contributed by atoms with van der Waals surface area (Å²) >= 11 is 0.948. The van der Waals surface area contributed by atoms with Gasteiger partial charge in [-0.3, -0.25) is 14.9 Å². The van der Waals surface area contributed by atoms with Crippen LogP contribution in [0.4, 0.5) is 23.7 Å². The lowest BCUT2D eigenvalue weighted by Gasteiger charge is -2.24. The van der Waals surface area contributed by atoms with Gasteiger partial charge in [-0.25, -0.2) is 4.79 Å². The van der Waals surface area contributed by atoms with Gasteiger partial charge in [0.15, 0.2) is 0 Å². The third kappa shape index (κ3) is 3.70. The van der Waals surface area contributed by atoms with E-state index >= 15 is 0 Å². The molecule has 1 aromatic rings. The molecule has 1 atom stereocenters. The number of carbonyl (C=O) groups is 3. The van der Waals surface area contributed by atoms with Crippen molar-refractivity contribution in [3.63, 3.8) is 0 Å². The number of amides is 4. The second kappa shape index (κ2) is 5.87. The number of carbonyl (C=O) groups excluding carboxylic acids is 3. The molecule has 0 spiro atoms. The number of hydrogen-bond acceptors (Lipinski definition) is 4. The average molecular weight is 333 g/mol. The first-order valence-electron chi connectivity index (χ1n) is 5.95. The van der Waals surface area contributed by atoms with Crippen molar-refractivity contribution in [1.82, 2.24) is 5.32 Å². The van der Waals surface area contributed by atoms with E-state index in [1.165, 1.54) is 6.07 Å². The Morgan fingerprint density at radius 2 is 2.05 bits per heavy atom. The minimum atomic E-state index is -4.51. The highest BCUT2D eigenvalue weighted by molar-refractivity contribution is 8.01. The zero-order chi connectivity index (χ0) is 16.5. The van der Waals surface area contributed by atoms with Crippen LogP contribution in [0.15, 0.2) is 23.1 Å². The summed E-state index contributed by atoms with van der Waals surface area (Å²) in [5.41, 5.74) is 3.94. The van der Waals surface area contributed by atoms with Gasteiger partial charge in [0.25, 0.3) is 0 Å². The number of thioether (sulfide) groups is 1. The van der Waals surface area contributed by atoms with Gasteiger partial charge in [-0.15, -0.1) is 11.8 Å². The molecule has 0 radical (unpaired) electrons. The second-order valence-electron chi connectivity index (χ2n) is 4.42. The summed E-state index contributed by atoms with van der Waals surface area (Å²) in [7, 11) is 0. The molecule has 0 bridgehead atoms. The van der Waals surface area contributed by atoms with E-state index in [2.05, 4.69) is 5.32 Å². The number of benzene rings is 1. The van der Waals surface area contributed by atoms with Crippen molar-refractivity contribution in [2.24, 2.45) is 5.73 Å². The highest BCUT2D eigenvalue weighted by Gasteiger charge is 2.34. The first-order chi connectivity index (χ1) is 10.2. The van der Waals surface area contributed by atoms with Crippen molar-refractivity contribution in [1.29, 1.82) is 0 Å². The molecule has 0 aromatic heterocycles. The van der Waals surface area contributed by atoms with Gasteiger partial charge in [-0.2, -0.15) is 13.2 Å². The van der Waals surface area contributed by atoms with Gasteiger partial charge in [0.1, 0.15) is 0 Å². The Hall–Kier alpha value is -2.23. The maximum atomic E-state index is 12.6. The van der Waals surface area contributed by atoms with E-state index in [4.69, 9.17) is 5.73 Å². The fraction of sp³-hybridized carbons (Fsp3) is 0.250. The minimum Gasteiger partial charge on any atom is -0.351 e. The number of nitrogens with one attached hydrogen (secondary N) is 2. The maximum absolute atomic E-state index is 12.6. The molecular weight excluding hydrogens is 323 g/mol. The Bertz CT molecular complexity index is 648. The number of rotatable bonds is 2. The SMILES string of the molecule is NC(=O)NC(=O)C[C@H]1Sc2ccc(C(F)(F)F)cc2NC1=O. The molecule has 6 nitrogen and oxygen atoms in total. The fourth-order valence-electron chi connectivity index (χ4n) is 1.82. The Labute approximate surface area is 126 Å². The molecule has 1 aliphatic rings. The van der Waals surface area contributed by atoms with Crippen LogP contribution < -0.4 is 16.4 Å². The Kier molecular flexibility index (Phi) is 4.31. The number of imide groups is 1. The number of anilines is 1. The van der Waals surface area contributed by atoms with Crippen molar-refractivity contribution in [3.8, 4) is 0 Å². The van der Waals surface area contributed by atoms with Crippen molar-refractivity contribution in [2.75, 3.05) is 5.32 Å². The molecule has 0 saturated heterocycles. The van der Waals surface area contributed by atoms with E-state index in [0.29, 0.717) is 4.90 Å². The number of hydrogen-bond donors (Lipinski definition) is 3. The van der Waals surface area contributed by atoms with Crippen LogP contribution in [0.3, 0.4) is 0 Å². The zero-order valence-electron chi connectivity index (χ0n) is 10.9. The fourth-order valence-corrected chi connectivity index (χ4v) is 2.91. The molecule has 2 rings (SSSR count). The Balaban J connectivity index is 2.15. The minimum absolute atomic E-state index is 0.0383. The van der Waals surface area contributed by atoms with E-state index < -0.39 is 34.8 Å². The summed E-state index contributed by atoms with van der Waals surface area (Å²) in [4.78, 5) is 34.2. The topological polar surface area (TPSA) is 101 Å². The molecule has 1 aromatic carbocycles. The lowest BCUT2D eigenvalue weighted by Crippen LogP contribution is -2.39. The highest BCUT2D eigenvalue weighted by Crippen LogP contribution is 2.40. The zero-order valence-corrected chi connectivity index (χ0v) is 11.7. The van der Waals surface area contributed by atoms with Crippen LogP contribution in [0.25, 0.3) is 0 Å². The molecule has 0 unspecified atom stereocenters. The largest absolute Gasteiger partial charge is 0.416 e. The van der Waals surface area contributed by atoms with Crippen LogP contribution in [0, 0.1) is 0 Å². The summed E-state index contributed by atoms with van der Waals surface area (Å²) in [6.45, 7) is 0. The van der Waals surface area contributed by atoms with Crippen molar-refractivity contribution >= 4 is 35.3 Å². The number of primary amides is 1. The summed E-state index contributed by atoms with van der Waals surface area (Å²) in [6, 6.07) is 1.91. The van der Waals surface area contributed by atoms with Gasteiger partial charge in [0, 0.05) is 11.3 Å². The predicted molar refractivity (Wildman–Crippen MR) is 72.1 cm³/mol. The molecule has 22 heavy (non-hydrogen) atoms. The summed E-state index contributed by atoms with van der Waals surface area (Å²) in [6.07, 6.45) is -4.83. The monoisotopic (exact) mass is 333 g/mol. The van der Waals surface area contributed by atoms with Crippen molar-refractivity contribution in [3.05, 3.63) is 23.8 Å². The van der Waals surface area contributed by atoms with Gasteiger partial charge in [-0.1, -0.05) is 0 Å². The van der Waals surface area contributed by atoms with E-state index in [-0.39, 0.29) is 12.1 Å². The summed E-state index contributed by atoms with van der Waals surface area (Å²) in [5.74, 6) is -1.35. The highest BCUT2D eigenvalue weighted by atomic mass is 32.2. The number of nitrogens with two attached hydrogens (primary N) is 1. The molecule has 10 heteroatoms. The molecular formula is C12H10F3N3O3S. The number of fused-ring (bicyclic) bond motifs is 1. The summed E-state index contributed by atoms with van der Waals surface area (Å²) in [5, 5.41) is 3.29. The molecule has 4 N–H and O–H groups in total. The third-order valence-corrected chi connectivity index (χ3v) is 4.04. The lowest BCUT2D eigenvalue weighted by molar-refractivity contribution is -0.137. The molecule has 4 amide bonds. The van der Waals surface area contributed by atoms with Gasteiger partial charge in [0.2, 0.25) is 11.8 Å². The molecule has 118 valence electrons.